The summed E-state index contributed by atoms with van der Waals surface area (Å²) >= 11 is 6.65. The van der Waals surface area contributed by atoms with E-state index in [1.165, 1.54) is 24.2 Å². The van der Waals surface area contributed by atoms with Crippen LogP contribution in [-0.2, 0) is 16.0 Å². The van der Waals surface area contributed by atoms with Crippen molar-refractivity contribution in [2.45, 2.75) is 25.2 Å². The van der Waals surface area contributed by atoms with E-state index in [4.69, 9.17) is 11.6 Å². The third kappa shape index (κ3) is 3.83. The van der Waals surface area contributed by atoms with Crippen LogP contribution in [0.4, 0.5) is 10.9 Å². The molecule has 7 nitrogen and oxygen atoms in total. The van der Waals surface area contributed by atoms with E-state index in [1.54, 1.807) is 6.20 Å². The van der Waals surface area contributed by atoms with Crippen LogP contribution in [0, 0.1) is 0 Å². The van der Waals surface area contributed by atoms with Gasteiger partial charge in [0.15, 0.2) is 10.9 Å². The summed E-state index contributed by atoms with van der Waals surface area (Å²) in [6.45, 7) is 0. The van der Waals surface area contributed by atoms with Crippen molar-refractivity contribution < 1.29 is 9.59 Å². The van der Waals surface area contributed by atoms with Crippen molar-refractivity contribution in [1.82, 2.24) is 15.2 Å². The number of thiazole rings is 1. The van der Waals surface area contributed by atoms with Crippen LogP contribution < -0.4 is 10.6 Å². The average molecular weight is 340 g/mol. The van der Waals surface area contributed by atoms with E-state index >= 15 is 0 Å². The van der Waals surface area contributed by atoms with Crippen molar-refractivity contribution >= 4 is 45.7 Å². The van der Waals surface area contributed by atoms with Gasteiger partial charge in [-0.1, -0.05) is 0 Å². The number of hydrogen-bond donors (Lipinski definition) is 3. The molecule has 0 saturated heterocycles. The molecule has 116 valence electrons. The second-order valence-electron chi connectivity index (χ2n) is 5.02. The van der Waals surface area contributed by atoms with E-state index in [2.05, 4.69) is 25.8 Å². The molecule has 3 N–H and O–H groups in total. The van der Waals surface area contributed by atoms with Crippen molar-refractivity contribution in [1.29, 1.82) is 0 Å². The Hall–Kier alpha value is -1.93. The molecule has 2 aromatic rings. The Morgan fingerprint density at radius 1 is 1.36 bits per heavy atom. The monoisotopic (exact) mass is 339 g/mol. The SMILES string of the molecule is O=C(Cc1cnc(NC(=O)CCl)s1)Nc1cc(C2CC2)[nH]n1. The Bertz CT molecular complexity index is 694. The largest absolute Gasteiger partial charge is 0.309 e. The van der Waals surface area contributed by atoms with Crippen molar-refractivity contribution in [3.05, 3.63) is 22.8 Å². The standard InChI is InChI=1S/C13H14ClN5O2S/c14-5-12(21)17-13-15-6-8(22-13)3-11(20)16-10-4-9(18-19-10)7-1-2-7/h4,6-7H,1-3,5H2,(H,15,17,21)(H2,16,18,19,20). The lowest BCUT2D eigenvalue weighted by molar-refractivity contribution is -0.115. The van der Waals surface area contributed by atoms with Crippen molar-refractivity contribution in [3.8, 4) is 0 Å². The van der Waals surface area contributed by atoms with Crippen LogP contribution in [0.5, 0.6) is 0 Å². The number of rotatable bonds is 6. The van der Waals surface area contributed by atoms with E-state index in [1.807, 2.05) is 6.07 Å². The molecule has 0 spiro atoms. The van der Waals surface area contributed by atoms with Gasteiger partial charge in [0.25, 0.3) is 0 Å². The highest BCUT2D eigenvalue weighted by Crippen LogP contribution is 2.39. The van der Waals surface area contributed by atoms with Crippen LogP contribution in [0.3, 0.4) is 0 Å². The molecule has 2 heterocycles. The number of alkyl halides is 1. The number of aromatic nitrogens is 3. The van der Waals surface area contributed by atoms with Crippen LogP contribution in [0.2, 0.25) is 0 Å². The van der Waals surface area contributed by atoms with Gasteiger partial charge in [0.2, 0.25) is 11.8 Å². The fourth-order valence-corrected chi connectivity index (χ4v) is 2.84. The molecule has 0 bridgehead atoms. The van der Waals surface area contributed by atoms with Gasteiger partial charge in [0, 0.05) is 28.8 Å². The summed E-state index contributed by atoms with van der Waals surface area (Å²) < 4.78 is 0. The molecule has 9 heteroatoms. The van der Waals surface area contributed by atoms with E-state index in [9.17, 15) is 9.59 Å². The molecule has 1 aliphatic carbocycles. The lowest BCUT2D eigenvalue weighted by atomic mass is 10.3. The number of aromatic amines is 1. The molecule has 2 aromatic heterocycles. The summed E-state index contributed by atoms with van der Waals surface area (Å²) in [5.74, 6) is 0.474. The maximum Gasteiger partial charge on any atom is 0.241 e. The molecule has 1 saturated carbocycles. The van der Waals surface area contributed by atoms with E-state index < -0.39 is 0 Å². The van der Waals surface area contributed by atoms with Gasteiger partial charge in [-0.3, -0.25) is 14.7 Å². The van der Waals surface area contributed by atoms with Gasteiger partial charge in [0.1, 0.15) is 5.88 Å². The second kappa shape index (κ2) is 6.45. The zero-order chi connectivity index (χ0) is 15.5. The maximum absolute atomic E-state index is 12.0. The number of carbonyl (C=O) groups excluding carboxylic acids is 2. The Morgan fingerprint density at radius 2 is 2.18 bits per heavy atom. The van der Waals surface area contributed by atoms with Crippen LogP contribution >= 0.6 is 22.9 Å². The first kappa shape index (κ1) is 15.0. The topological polar surface area (TPSA) is 99.8 Å². The van der Waals surface area contributed by atoms with Crippen LogP contribution in [0.1, 0.15) is 29.3 Å². The van der Waals surface area contributed by atoms with E-state index in [0.29, 0.717) is 16.9 Å². The summed E-state index contributed by atoms with van der Waals surface area (Å²) in [7, 11) is 0. The van der Waals surface area contributed by atoms with Gasteiger partial charge in [-0.2, -0.15) is 5.10 Å². The second-order valence-corrected chi connectivity index (χ2v) is 6.40. The van der Waals surface area contributed by atoms with Gasteiger partial charge in [-0.25, -0.2) is 4.98 Å². The van der Waals surface area contributed by atoms with Gasteiger partial charge in [0.05, 0.1) is 6.42 Å². The normalized spacial score (nSPS) is 13.9. The zero-order valence-electron chi connectivity index (χ0n) is 11.6. The molecule has 0 aliphatic heterocycles. The van der Waals surface area contributed by atoms with Gasteiger partial charge in [-0.15, -0.1) is 22.9 Å². The maximum atomic E-state index is 12.0. The average Bonchev–Trinajstić information content (AvgIpc) is 3.10. The minimum Gasteiger partial charge on any atom is -0.309 e. The lowest BCUT2D eigenvalue weighted by Crippen LogP contribution is -2.14. The molecule has 0 atom stereocenters. The molecule has 3 rings (SSSR count). The van der Waals surface area contributed by atoms with Gasteiger partial charge in [-0.05, 0) is 12.8 Å². The molecular formula is C13H14ClN5O2S. The number of H-pyrrole nitrogens is 1. The fourth-order valence-electron chi connectivity index (χ4n) is 1.95. The van der Waals surface area contributed by atoms with Gasteiger partial charge >= 0.3 is 0 Å². The van der Waals surface area contributed by atoms with Crippen LogP contribution in [-0.4, -0.2) is 32.9 Å². The van der Waals surface area contributed by atoms with Crippen LogP contribution in [0.15, 0.2) is 12.3 Å². The first-order valence-corrected chi connectivity index (χ1v) is 8.15. The minimum atomic E-state index is -0.323. The molecule has 1 aliphatic rings. The lowest BCUT2D eigenvalue weighted by Gasteiger charge is -1.99. The number of nitrogens with zero attached hydrogens (tertiary/aromatic N) is 2. The third-order valence-corrected chi connectivity index (χ3v) is 4.29. The highest BCUT2D eigenvalue weighted by Gasteiger charge is 2.25. The highest BCUT2D eigenvalue weighted by molar-refractivity contribution is 7.15. The Balaban J connectivity index is 1.53. The molecular weight excluding hydrogens is 326 g/mol. The number of hydrogen-bond acceptors (Lipinski definition) is 5. The Morgan fingerprint density at radius 3 is 2.91 bits per heavy atom. The van der Waals surface area contributed by atoms with Crippen molar-refractivity contribution in [2.24, 2.45) is 0 Å². The Kier molecular flexibility index (Phi) is 4.39. The summed E-state index contributed by atoms with van der Waals surface area (Å²) in [5.41, 5.74) is 1.07. The molecule has 1 fully saturated rings. The summed E-state index contributed by atoms with van der Waals surface area (Å²) in [6, 6.07) is 1.87. The summed E-state index contributed by atoms with van der Waals surface area (Å²) in [6.07, 6.45) is 4.09. The number of anilines is 2. The van der Waals surface area contributed by atoms with Crippen molar-refractivity contribution in [3.63, 3.8) is 0 Å². The zero-order valence-corrected chi connectivity index (χ0v) is 13.1. The quantitative estimate of drug-likeness (QED) is 0.702. The third-order valence-electron chi connectivity index (χ3n) is 3.14. The molecule has 0 aromatic carbocycles. The molecule has 22 heavy (non-hydrogen) atoms. The van der Waals surface area contributed by atoms with Gasteiger partial charge < -0.3 is 10.6 Å². The Labute approximate surface area is 135 Å². The predicted octanol–water partition coefficient (Wildman–Crippen LogP) is 2.10. The first-order valence-electron chi connectivity index (χ1n) is 6.79. The smallest absolute Gasteiger partial charge is 0.241 e. The molecule has 2 amide bonds. The van der Waals surface area contributed by atoms with E-state index in [0.717, 1.165) is 10.6 Å². The molecule has 0 radical (unpaired) electrons. The minimum absolute atomic E-state index is 0.127. The number of carbonyl (C=O) groups is 2. The summed E-state index contributed by atoms with van der Waals surface area (Å²) in [4.78, 5) is 27.9. The predicted molar refractivity (Wildman–Crippen MR) is 84.4 cm³/mol. The first-order chi connectivity index (χ1) is 10.6. The van der Waals surface area contributed by atoms with Crippen molar-refractivity contribution in [2.75, 3.05) is 16.5 Å². The van der Waals surface area contributed by atoms with E-state index in [-0.39, 0.29) is 24.1 Å². The number of halogens is 1. The number of amides is 2. The number of nitrogens with one attached hydrogen (secondary N) is 3. The fraction of sp³-hybridized carbons (Fsp3) is 0.385. The molecule has 0 unspecified atom stereocenters. The van der Waals surface area contributed by atoms with Crippen LogP contribution in [0.25, 0.3) is 0 Å². The summed E-state index contributed by atoms with van der Waals surface area (Å²) in [5, 5.41) is 12.7. The highest BCUT2D eigenvalue weighted by atomic mass is 35.5.